The average molecular weight is 425 g/mol. The topological polar surface area (TPSA) is 69.6 Å². The lowest BCUT2D eigenvalue weighted by Crippen LogP contribution is -2.26. The molecule has 0 radical (unpaired) electrons. The SMILES string of the molecule is O=C(O)CN(c1ccccc1)c1cc(Br)ccc1NC(=O)c1ccccc1. The van der Waals surface area contributed by atoms with Crippen LogP contribution >= 0.6 is 15.9 Å². The summed E-state index contributed by atoms with van der Waals surface area (Å²) < 4.78 is 0.779. The summed E-state index contributed by atoms with van der Waals surface area (Å²) in [5, 5.41) is 12.3. The van der Waals surface area contributed by atoms with Crippen molar-refractivity contribution in [3.8, 4) is 0 Å². The van der Waals surface area contributed by atoms with E-state index in [9.17, 15) is 14.7 Å². The van der Waals surface area contributed by atoms with E-state index in [-0.39, 0.29) is 12.5 Å². The fourth-order valence-electron chi connectivity index (χ4n) is 2.68. The average Bonchev–Trinajstić information content (AvgIpc) is 2.69. The van der Waals surface area contributed by atoms with Crippen molar-refractivity contribution >= 4 is 44.9 Å². The van der Waals surface area contributed by atoms with Gasteiger partial charge in [0.1, 0.15) is 6.54 Å². The second-order valence-corrected chi connectivity index (χ2v) is 6.71. The quantitative estimate of drug-likeness (QED) is 0.588. The summed E-state index contributed by atoms with van der Waals surface area (Å²) >= 11 is 3.43. The maximum Gasteiger partial charge on any atom is 0.323 e. The number of carboxylic acids is 1. The van der Waals surface area contributed by atoms with Gasteiger partial charge in [-0.1, -0.05) is 52.3 Å². The third-order valence-electron chi connectivity index (χ3n) is 3.90. The summed E-state index contributed by atoms with van der Waals surface area (Å²) in [4.78, 5) is 25.7. The molecule has 1 amide bonds. The van der Waals surface area contributed by atoms with Gasteiger partial charge in [0.2, 0.25) is 0 Å². The van der Waals surface area contributed by atoms with Crippen LogP contribution in [0.25, 0.3) is 0 Å². The van der Waals surface area contributed by atoms with E-state index in [4.69, 9.17) is 0 Å². The Labute approximate surface area is 165 Å². The first kappa shape index (κ1) is 18.7. The Kier molecular flexibility index (Phi) is 5.88. The van der Waals surface area contributed by atoms with Crippen molar-refractivity contribution in [3.05, 3.63) is 88.9 Å². The molecule has 0 aliphatic carbocycles. The molecule has 136 valence electrons. The molecule has 5 nitrogen and oxygen atoms in total. The van der Waals surface area contributed by atoms with Crippen LogP contribution in [0.4, 0.5) is 17.1 Å². The molecule has 0 aliphatic rings. The molecular weight excluding hydrogens is 408 g/mol. The molecule has 0 bridgehead atoms. The molecule has 0 atom stereocenters. The maximum atomic E-state index is 12.6. The first-order chi connectivity index (χ1) is 13.0. The van der Waals surface area contributed by atoms with Crippen LogP contribution in [0.1, 0.15) is 10.4 Å². The Morgan fingerprint density at radius 2 is 1.56 bits per heavy atom. The third kappa shape index (κ3) is 4.74. The first-order valence-electron chi connectivity index (χ1n) is 8.25. The minimum Gasteiger partial charge on any atom is -0.480 e. The Hall–Kier alpha value is -3.12. The molecule has 27 heavy (non-hydrogen) atoms. The summed E-state index contributed by atoms with van der Waals surface area (Å²) in [6.07, 6.45) is 0. The molecule has 3 aromatic carbocycles. The van der Waals surface area contributed by atoms with E-state index in [1.54, 1.807) is 47.4 Å². The molecule has 0 aliphatic heterocycles. The predicted octanol–water partition coefficient (Wildman–Crippen LogP) is 4.92. The van der Waals surface area contributed by atoms with Crippen molar-refractivity contribution in [2.24, 2.45) is 0 Å². The number of carbonyl (C=O) groups excluding carboxylic acids is 1. The highest BCUT2D eigenvalue weighted by atomic mass is 79.9. The predicted molar refractivity (Wildman–Crippen MR) is 110 cm³/mol. The number of aliphatic carboxylic acids is 1. The number of rotatable bonds is 6. The van der Waals surface area contributed by atoms with Gasteiger partial charge >= 0.3 is 5.97 Å². The highest BCUT2D eigenvalue weighted by Crippen LogP contribution is 2.34. The van der Waals surface area contributed by atoms with Gasteiger partial charge in [0, 0.05) is 15.7 Å². The van der Waals surface area contributed by atoms with Gasteiger partial charge in [-0.3, -0.25) is 9.59 Å². The molecule has 0 fully saturated rings. The number of benzene rings is 3. The fourth-order valence-corrected chi connectivity index (χ4v) is 3.03. The van der Waals surface area contributed by atoms with Crippen LogP contribution in [-0.2, 0) is 4.79 Å². The van der Waals surface area contributed by atoms with E-state index in [1.807, 2.05) is 36.4 Å². The summed E-state index contributed by atoms with van der Waals surface area (Å²) in [5.41, 5.74) is 2.35. The number of amides is 1. The molecular formula is C21H17BrN2O3. The monoisotopic (exact) mass is 424 g/mol. The van der Waals surface area contributed by atoms with Crippen LogP contribution in [0.15, 0.2) is 83.3 Å². The van der Waals surface area contributed by atoms with Gasteiger partial charge in [0.15, 0.2) is 0 Å². The van der Waals surface area contributed by atoms with Gasteiger partial charge in [-0.2, -0.15) is 0 Å². The lowest BCUT2D eigenvalue weighted by Gasteiger charge is -2.26. The van der Waals surface area contributed by atoms with Crippen LogP contribution in [-0.4, -0.2) is 23.5 Å². The van der Waals surface area contributed by atoms with E-state index in [1.165, 1.54) is 0 Å². The Morgan fingerprint density at radius 3 is 2.19 bits per heavy atom. The van der Waals surface area contributed by atoms with E-state index in [0.717, 1.165) is 4.47 Å². The molecule has 0 heterocycles. The third-order valence-corrected chi connectivity index (χ3v) is 4.39. The summed E-state index contributed by atoms with van der Waals surface area (Å²) in [6.45, 7) is -0.241. The molecule has 0 aromatic heterocycles. The lowest BCUT2D eigenvalue weighted by molar-refractivity contribution is -0.135. The number of halogens is 1. The van der Waals surface area contributed by atoms with Gasteiger partial charge in [-0.25, -0.2) is 0 Å². The van der Waals surface area contributed by atoms with Crippen molar-refractivity contribution in [3.63, 3.8) is 0 Å². The second kappa shape index (κ2) is 8.51. The number of carboxylic acid groups (broad SMARTS) is 1. The van der Waals surface area contributed by atoms with Crippen LogP contribution < -0.4 is 10.2 Å². The highest BCUT2D eigenvalue weighted by molar-refractivity contribution is 9.10. The molecule has 3 aromatic rings. The minimum atomic E-state index is -0.973. The van der Waals surface area contributed by atoms with Gasteiger partial charge < -0.3 is 15.3 Å². The lowest BCUT2D eigenvalue weighted by atomic mass is 10.1. The minimum absolute atomic E-state index is 0.241. The standard InChI is InChI=1S/C21H17BrN2O3/c22-16-11-12-18(23-21(27)15-7-3-1-4-8-15)19(13-16)24(14-20(25)26)17-9-5-2-6-10-17/h1-13H,14H2,(H,23,27)(H,25,26). The fraction of sp³-hybridized carbons (Fsp3) is 0.0476. The van der Waals surface area contributed by atoms with Crippen LogP contribution in [0.5, 0.6) is 0 Å². The van der Waals surface area contributed by atoms with Crippen LogP contribution in [0.3, 0.4) is 0 Å². The zero-order valence-electron chi connectivity index (χ0n) is 14.3. The molecule has 3 rings (SSSR count). The Bertz CT molecular complexity index is 946. The molecule has 6 heteroatoms. The normalized spacial score (nSPS) is 10.3. The van der Waals surface area contributed by atoms with Gasteiger partial charge in [-0.05, 0) is 42.5 Å². The largest absolute Gasteiger partial charge is 0.480 e. The van der Waals surface area contributed by atoms with Crippen LogP contribution in [0, 0.1) is 0 Å². The number of hydrogen-bond acceptors (Lipinski definition) is 3. The van der Waals surface area contributed by atoms with Gasteiger partial charge in [-0.15, -0.1) is 0 Å². The van der Waals surface area contributed by atoms with E-state index in [2.05, 4.69) is 21.2 Å². The zero-order valence-corrected chi connectivity index (χ0v) is 15.9. The van der Waals surface area contributed by atoms with Gasteiger partial charge in [0.25, 0.3) is 5.91 Å². The second-order valence-electron chi connectivity index (χ2n) is 5.80. The first-order valence-corrected chi connectivity index (χ1v) is 9.04. The maximum absolute atomic E-state index is 12.6. The summed E-state index contributed by atoms with van der Waals surface area (Å²) in [7, 11) is 0. The Balaban J connectivity index is 2.01. The molecule has 0 spiro atoms. The number of nitrogens with one attached hydrogen (secondary N) is 1. The molecule has 0 saturated heterocycles. The smallest absolute Gasteiger partial charge is 0.323 e. The summed E-state index contributed by atoms with van der Waals surface area (Å²) in [6, 6.07) is 23.4. The number of carbonyl (C=O) groups is 2. The molecule has 2 N–H and O–H groups in total. The van der Waals surface area contributed by atoms with Gasteiger partial charge in [0.05, 0.1) is 11.4 Å². The van der Waals surface area contributed by atoms with Crippen molar-refractivity contribution in [1.29, 1.82) is 0 Å². The zero-order chi connectivity index (χ0) is 19.2. The molecule has 0 unspecified atom stereocenters. The van der Waals surface area contributed by atoms with Crippen LogP contribution in [0.2, 0.25) is 0 Å². The van der Waals surface area contributed by atoms with Crippen molar-refractivity contribution < 1.29 is 14.7 Å². The number of anilines is 3. The number of hydrogen-bond donors (Lipinski definition) is 2. The molecule has 0 saturated carbocycles. The van der Waals surface area contributed by atoms with Crippen molar-refractivity contribution in [1.82, 2.24) is 0 Å². The number of para-hydroxylation sites is 1. The Morgan fingerprint density at radius 1 is 0.926 bits per heavy atom. The van der Waals surface area contributed by atoms with Crippen molar-refractivity contribution in [2.75, 3.05) is 16.8 Å². The summed E-state index contributed by atoms with van der Waals surface area (Å²) in [5.74, 6) is -1.23. The van der Waals surface area contributed by atoms with Crippen molar-refractivity contribution in [2.45, 2.75) is 0 Å². The number of nitrogens with zero attached hydrogens (tertiary/aromatic N) is 1. The van der Waals surface area contributed by atoms with E-state index < -0.39 is 5.97 Å². The van der Waals surface area contributed by atoms with E-state index >= 15 is 0 Å². The highest BCUT2D eigenvalue weighted by Gasteiger charge is 2.18. The van der Waals surface area contributed by atoms with E-state index in [0.29, 0.717) is 22.6 Å².